The van der Waals surface area contributed by atoms with Crippen molar-refractivity contribution in [3.8, 4) is 11.5 Å². The Bertz CT molecular complexity index is 793. The fraction of sp³-hybridized carbons (Fsp3) is 0.417. The number of benzene rings is 2. The molecule has 2 rings (SSSR count). The number of phenols is 2. The van der Waals surface area contributed by atoms with Crippen molar-refractivity contribution in [2.45, 2.75) is 52.7 Å². The highest BCUT2D eigenvalue weighted by atomic mass is 16.3. The van der Waals surface area contributed by atoms with Crippen LogP contribution >= 0.6 is 0 Å². The Balaban J connectivity index is 0.000000300. The van der Waals surface area contributed by atoms with Crippen LogP contribution in [-0.4, -0.2) is 44.2 Å². The van der Waals surface area contributed by atoms with Crippen molar-refractivity contribution in [2.75, 3.05) is 0 Å². The number of rotatable bonds is 8. The zero-order valence-corrected chi connectivity index (χ0v) is 17.9. The van der Waals surface area contributed by atoms with Gasteiger partial charge >= 0.3 is 0 Å². The summed E-state index contributed by atoms with van der Waals surface area (Å²) < 4.78 is 0. The molecule has 0 radical (unpaired) electrons. The van der Waals surface area contributed by atoms with Crippen LogP contribution in [0.1, 0.15) is 38.8 Å². The predicted molar refractivity (Wildman–Crippen MR) is 115 cm³/mol. The van der Waals surface area contributed by atoms with Crippen molar-refractivity contribution >= 4 is 11.6 Å². The molecule has 164 valence electrons. The van der Waals surface area contributed by atoms with Gasteiger partial charge in [0.05, 0.1) is 0 Å². The number of carbonyl (C=O) groups is 2. The van der Waals surface area contributed by atoms with E-state index >= 15 is 0 Å². The monoisotopic (exact) mass is 416 g/mol. The molecule has 0 amide bonds. The number of ketones is 2. The topological polar surface area (TPSA) is 115 Å². The summed E-state index contributed by atoms with van der Waals surface area (Å²) in [5, 5.41) is 37.2. The van der Waals surface area contributed by atoms with Gasteiger partial charge < -0.3 is 20.4 Å². The van der Waals surface area contributed by atoms with Crippen molar-refractivity contribution in [2.24, 2.45) is 11.8 Å². The van der Waals surface area contributed by atoms with Crippen LogP contribution in [0.2, 0.25) is 0 Å². The molecular formula is C24H32O6. The van der Waals surface area contributed by atoms with Crippen LogP contribution in [0.4, 0.5) is 0 Å². The predicted octanol–water partition coefficient (Wildman–Crippen LogP) is 3.04. The second kappa shape index (κ2) is 12.1. The van der Waals surface area contributed by atoms with Gasteiger partial charge in [-0.05, 0) is 41.3 Å². The van der Waals surface area contributed by atoms with Crippen LogP contribution in [-0.2, 0) is 22.4 Å². The van der Waals surface area contributed by atoms with Gasteiger partial charge in [-0.2, -0.15) is 0 Å². The van der Waals surface area contributed by atoms with Gasteiger partial charge in [-0.25, -0.2) is 0 Å². The Kier molecular flexibility index (Phi) is 10.2. The molecule has 0 bridgehead atoms. The molecular weight excluding hydrogens is 384 g/mol. The highest BCUT2D eigenvalue weighted by molar-refractivity contribution is 5.85. The van der Waals surface area contributed by atoms with Gasteiger partial charge in [0.1, 0.15) is 23.7 Å². The summed E-state index contributed by atoms with van der Waals surface area (Å²) in [6, 6.07) is 12.9. The first-order valence-electron chi connectivity index (χ1n) is 9.99. The van der Waals surface area contributed by atoms with Crippen LogP contribution in [0.3, 0.4) is 0 Å². The molecule has 0 spiro atoms. The Morgan fingerprint density at radius 2 is 1.20 bits per heavy atom. The Hall–Kier alpha value is -2.70. The van der Waals surface area contributed by atoms with Crippen molar-refractivity contribution < 1.29 is 30.0 Å². The van der Waals surface area contributed by atoms with Crippen LogP contribution in [0.5, 0.6) is 11.5 Å². The third kappa shape index (κ3) is 8.76. The highest BCUT2D eigenvalue weighted by Gasteiger charge is 2.19. The van der Waals surface area contributed by atoms with E-state index in [2.05, 4.69) is 0 Å². The summed E-state index contributed by atoms with van der Waals surface area (Å²) in [6.45, 7) is 7.14. The van der Waals surface area contributed by atoms with Crippen LogP contribution in [0, 0.1) is 11.8 Å². The maximum absolute atomic E-state index is 11.5. The Morgan fingerprint density at radius 1 is 0.767 bits per heavy atom. The average Bonchev–Trinajstić information content (AvgIpc) is 2.70. The fourth-order valence-electron chi connectivity index (χ4n) is 2.63. The summed E-state index contributed by atoms with van der Waals surface area (Å²) in [6.07, 6.45) is -1.34. The minimum atomic E-state index is -0.949. The zero-order valence-electron chi connectivity index (χ0n) is 17.9. The second-order valence-corrected chi connectivity index (χ2v) is 7.94. The molecule has 6 nitrogen and oxygen atoms in total. The third-order valence-corrected chi connectivity index (χ3v) is 4.54. The van der Waals surface area contributed by atoms with Gasteiger partial charge in [-0.15, -0.1) is 0 Å². The highest BCUT2D eigenvalue weighted by Crippen LogP contribution is 2.13. The SMILES string of the molecule is CC(C)C(=O)C(O)Cc1ccc(O)cc1.CC(C)C(O)C(=O)Cc1ccc(O)cc1. The lowest BCUT2D eigenvalue weighted by Crippen LogP contribution is -2.27. The van der Waals surface area contributed by atoms with Crippen molar-refractivity contribution in [1.29, 1.82) is 0 Å². The van der Waals surface area contributed by atoms with Gasteiger partial charge in [-0.1, -0.05) is 52.0 Å². The number of aromatic hydroxyl groups is 2. The Labute approximate surface area is 177 Å². The van der Waals surface area contributed by atoms with Crippen molar-refractivity contribution in [1.82, 2.24) is 0 Å². The van der Waals surface area contributed by atoms with Gasteiger partial charge in [0, 0.05) is 18.8 Å². The molecule has 6 heteroatoms. The van der Waals surface area contributed by atoms with E-state index in [0.717, 1.165) is 11.1 Å². The summed E-state index contributed by atoms with van der Waals surface area (Å²) in [4.78, 5) is 22.9. The number of hydrogen-bond acceptors (Lipinski definition) is 6. The standard InChI is InChI=1S/2C12H16O3/c2*1-8(2)12(15)11(14)7-9-3-5-10(13)6-4-9/h3-6,8,12-13,15H,7H2,1-2H3;3-6,8,11,13-14H,7H2,1-2H3. The first-order valence-corrected chi connectivity index (χ1v) is 9.99. The molecule has 4 N–H and O–H groups in total. The maximum atomic E-state index is 11.5. The lowest BCUT2D eigenvalue weighted by Gasteiger charge is -2.12. The van der Waals surface area contributed by atoms with Crippen LogP contribution in [0.15, 0.2) is 48.5 Å². The molecule has 2 aromatic carbocycles. The molecule has 0 aliphatic rings. The van der Waals surface area contributed by atoms with Crippen LogP contribution in [0.25, 0.3) is 0 Å². The second-order valence-electron chi connectivity index (χ2n) is 7.94. The number of carbonyl (C=O) groups excluding carboxylic acids is 2. The number of hydrogen-bond donors (Lipinski definition) is 4. The maximum Gasteiger partial charge on any atom is 0.165 e. The summed E-state index contributed by atoms with van der Waals surface area (Å²) >= 11 is 0. The normalized spacial score (nSPS) is 12.8. The number of phenolic OH excluding ortho intramolecular Hbond substituents is 2. The van der Waals surface area contributed by atoms with Gasteiger partial charge in [-0.3, -0.25) is 9.59 Å². The van der Waals surface area contributed by atoms with Gasteiger partial charge in [0.2, 0.25) is 0 Å². The molecule has 0 heterocycles. The molecule has 0 fully saturated rings. The van der Waals surface area contributed by atoms with Crippen LogP contribution < -0.4 is 0 Å². The van der Waals surface area contributed by atoms with E-state index in [4.69, 9.17) is 10.2 Å². The first kappa shape index (κ1) is 25.3. The minimum Gasteiger partial charge on any atom is -0.508 e. The number of Topliss-reactive ketones (excluding diaryl/α,β-unsaturated/α-hetero) is 2. The van der Waals surface area contributed by atoms with E-state index in [9.17, 15) is 19.8 Å². The molecule has 2 atom stereocenters. The van der Waals surface area contributed by atoms with Crippen molar-refractivity contribution in [3.63, 3.8) is 0 Å². The zero-order chi connectivity index (χ0) is 22.8. The molecule has 0 saturated heterocycles. The first-order chi connectivity index (χ1) is 14.0. The molecule has 0 aliphatic carbocycles. The largest absolute Gasteiger partial charge is 0.508 e. The molecule has 0 aromatic heterocycles. The lowest BCUT2D eigenvalue weighted by molar-refractivity contribution is -0.130. The van der Waals surface area contributed by atoms with E-state index in [1.54, 1.807) is 64.1 Å². The molecule has 2 unspecified atom stereocenters. The lowest BCUT2D eigenvalue weighted by atomic mass is 9.98. The van der Waals surface area contributed by atoms with E-state index in [-0.39, 0.29) is 41.3 Å². The summed E-state index contributed by atoms with van der Waals surface area (Å²) in [5.74, 6) is -0.190. The van der Waals surface area contributed by atoms with E-state index < -0.39 is 12.2 Å². The summed E-state index contributed by atoms with van der Waals surface area (Å²) in [5.41, 5.74) is 1.65. The number of aliphatic hydroxyl groups is 2. The van der Waals surface area contributed by atoms with Crippen molar-refractivity contribution in [3.05, 3.63) is 59.7 Å². The fourth-order valence-corrected chi connectivity index (χ4v) is 2.63. The molecule has 0 saturated carbocycles. The van der Waals surface area contributed by atoms with Gasteiger partial charge in [0.15, 0.2) is 11.6 Å². The minimum absolute atomic E-state index is 0.0605. The average molecular weight is 417 g/mol. The summed E-state index contributed by atoms with van der Waals surface area (Å²) in [7, 11) is 0. The third-order valence-electron chi connectivity index (χ3n) is 4.54. The molecule has 2 aromatic rings. The van der Waals surface area contributed by atoms with E-state index in [1.807, 2.05) is 0 Å². The smallest absolute Gasteiger partial charge is 0.165 e. The quantitative estimate of drug-likeness (QED) is 0.526. The molecule has 0 aliphatic heterocycles. The van der Waals surface area contributed by atoms with E-state index in [1.165, 1.54) is 12.1 Å². The van der Waals surface area contributed by atoms with E-state index in [0.29, 0.717) is 6.42 Å². The Morgan fingerprint density at radius 3 is 1.60 bits per heavy atom. The molecule has 30 heavy (non-hydrogen) atoms. The van der Waals surface area contributed by atoms with Gasteiger partial charge in [0.25, 0.3) is 0 Å². The number of aliphatic hydroxyl groups excluding tert-OH is 2.